The van der Waals surface area contributed by atoms with E-state index in [9.17, 15) is 4.79 Å². The van der Waals surface area contributed by atoms with E-state index in [4.69, 9.17) is 10.8 Å². The maximum Gasteiger partial charge on any atom is 0.317 e. The predicted octanol–water partition coefficient (Wildman–Crippen LogP) is 0.788. The molecule has 0 spiro atoms. The third-order valence-corrected chi connectivity index (χ3v) is 1.74. The van der Waals surface area contributed by atoms with Crippen LogP contribution in [0.1, 0.15) is 13.8 Å². The van der Waals surface area contributed by atoms with Gasteiger partial charge in [0, 0.05) is 6.54 Å². The molecular formula is C6H15NO2S. The Bertz CT molecular complexity index is 83.8. The van der Waals surface area contributed by atoms with Gasteiger partial charge in [-0.2, -0.15) is 0 Å². The van der Waals surface area contributed by atoms with Crippen LogP contribution in [-0.2, 0) is 4.79 Å². The Morgan fingerprint density at radius 3 is 2.10 bits per heavy atom. The van der Waals surface area contributed by atoms with Crippen molar-refractivity contribution in [2.45, 2.75) is 19.1 Å². The first-order valence-corrected chi connectivity index (χ1v) is 4.46. The van der Waals surface area contributed by atoms with E-state index in [0.29, 0.717) is 0 Å². The highest BCUT2D eigenvalue weighted by Crippen LogP contribution is 2.02. The SMILES string of the molecule is CC.CSC(CN)C(=O)O. The molecule has 0 fully saturated rings. The van der Waals surface area contributed by atoms with Crippen LogP contribution in [0.4, 0.5) is 0 Å². The van der Waals surface area contributed by atoms with Crippen LogP contribution in [0.2, 0.25) is 0 Å². The molecule has 0 aliphatic heterocycles. The highest BCUT2D eigenvalue weighted by atomic mass is 32.2. The van der Waals surface area contributed by atoms with E-state index in [1.54, 1.807) is 6.26 Å². The Balaban J connectivity index is 0. The monoisotopic (exact) mass is 165 g/mol. The summed E-state index contributed by atoms with van der Waals surface area (Å²) in [5.41, 5.74) is 5.08. The molecule has 0 aliphatic rings. The van der Waals surface area contributed by atoms with Crippen LogP contribution in [0.25, 0.3) is 0 Å². The summed E-state index contributed by atoms with van der Waals surface area (Å²) in [5.74, 6) is -0.833. The molecule has 0 aromatic rings. The van der Waals surface area contributed by atoms with Gasteiger partial charge in [0.05, 0.1) is 0 Å². The van der Waals surface area contributed by atoms with E-state index in [1.165, 1.54) is 11.8 Å². The van der Waals surface area contributed by atoms with Crippen LogP contribution in [0, 0.1) is 0 Å². The first-order chi connectivity index (χ1) is 4.72. The topological polar surface area (TPSA) is 63.3 Å². The molecule has 0 saturated heterocycles. The van der Waals surface area contributed by atoms with E-state index in [-0.39, 0.29) is 6.54 Å². The highest BCUT2D eigenvalue weighted by Gasteiger charge is 2.11. The van der Waals surface area contributed by atoms with Gasteiger partial charge in [-0.15, -0.1) is 11.8 Å². The number of aliphatic carboxylic acids is 1. The summed E-state index contributed by atoms with van der Waals surface area (Å²) in [6, 6.07) is 0. The molecule has 0 rings (SSSR count). The van der Waals surface area contributed by atoms with E-state index in [2.05, 4.69) is 0 Å². The third-order valence-electron chi connectivity index (χ3n) is 0.774. The minimum atomic E-state index is -0.833. The van der Waals surface area contributed by atoms with Crippen LogP contribution in [0.15, 0.2) is 0 Å². The number of nitrogens with two attached hydrogens (primary N) is 1. The minimum Gasteiger partial charge on any atom is -0.480 e. The van der Waals surface area contributed by atoms with Gasteiger partial charge in [0.1, 0.15) is 5.25 Å². The molecule has 0 heterocycles. The molecule has 0 bridgehead atoms. The molecule has 0 aromatic heterocycles. The van der Waals surface area contributed by atoms with E-state index >= 15 is 0 Å². The number of carboxylic acid groups (broad SMARTS) is 1. The fourth-order valence-corrected chi connectivity index (χ4v) is 0.692. The predicted molar refractivity (Wildman–Crippen MR) is 45.3 cm³/mol. The highest BCUT2D eigenvalue weighted by molar-refractivity contribution is 7.99. The molecule has 0 amide bonds. The molecule has 3 nitrogen and oxygen atoms in total. The maximum absolute atomic E-state index is 10.1. The van der Waals surface area contributed by atoms with E-state index in [1.807, 2.05) is 13.8 Å². The smallest absolute Gasteiger partial charge is 0.317 e. The fraction of sp³-hybridized carbons (Fsp3) is 0.833. The lowest BCUT2D eigenvalue weighted by Gasteiger charge is -2.02. The Kier molecular flexibility index (Phi) is 10.9. The van der Waals surface area contributed by atoms with Gasteiger partial charge in [0.15, 0.2) is 0 Å². The lowest BCUT2D eigenvalue weighted by molar-refractivity contribution is -0.136. The van der Waals surface area contributed by atoms with Crippen molar-refractivity contribution in [3.05, 3.63) is 0 Å². The molecule has 10 heavy (non-hydrogen) atoms. The second-order valence-electron chi connectivity index (χ2n) is 1.30. The first kappa shape index (κ1) is 12.5. The zero-order chi connectivity index (χ0) is 8.57. The van der Waals surface area contributed by atoms with Gasteiger partial charge in [0.2, 0.25) is 0 Å². The normalized spacial score (nSPS) is 11.2. The average molecular weight is 165 g/mol. The summed E-state index contributed by atoms with van der Waals surface area (Å²) in [7, 11) is 0. The standard InChI is InChI=1S/C4H9NO2S.C2H6/c1-8-3(2-5)4(6)7;1-2/h3H,2,5H2,1H3,(H,6,7);1-2H3. The van der Waals surface area contributed by atoms with Gasteiger partial charge in [0.25, 0.3) is 0 Å². The fourth-order valence-electron chi connectivity index (χ4n) is 0.298. The molecular weight excluding hydrogens is 150 g/mol. The summed E-state index contributed by atoms with van der Waals surface area (Å²) >= 11 is 1.25. The zero-order valence-electron chi connectivity index (χ0n) is 6.63. The van der Waals surface area contributed by atoms with Crippen molar-refractivity contribution < 1.29 is 9.90 Å². The number of hydrogen-bond donors (Lipinski definition) is 2. The second kappa shape index (κ2) is 8.78. The van der Waals surface area contributed by atoms with E-state index < -0.39 is 11.2 Å². The molecule has 1 atom stereocenters. The first-order valence-electron chi connectivity index (χ1n) is 3.18. The van der Waals surface area contributed by atoms with Crippen molar-refractivity contribution in [1.29, 1.82) is 0 Å². The second-order valence-corrected chi connectivity index (χ2v) is 2.34. The van der Waals surface area contributed by atoms with Crippen LogP contribution >= 0.6 is 11.8 Å². The number of thioether (sulfide) groups is 1. The molecule has 4 heteroatoms. The van der Waals surface area contributed by atoms with Gasteiger partial charge < -0.3 is 10.8 Å². The van der Waals surface area contributed by atoms with E-state index in [0.717, 1.165) is 0 Å². The van der Waals surface area contributed by atoms with Gasteiger partial charge in [-0.25, -0.2) is 0 Å². The van der Waals surface area contributed by atoms with Gasteiger partial charge in [-0.05, 0) is 6.26 Å². The molecule has 0 radical (unpaired) electrons. The molecule has 0 aliphatic carbocycles. The number of carbonyl (C=O) groups is 1. The van der Waals surface area contributed by atoms with Crippen LogP contribution in [0.3, 0.4) is 0 Å². The minimum absolute atomic E-state index is 0.205. The summed E-state index contributed by atoms with van der Waals surface area (Å²) in [6.07, 6.45) is 1.73. The summed E-state index contributed by atoms with van der Waals surface area (Å²) in [4.78, 5) is 10.1. The van der Waals surface area contributed by atoms with Gasteiger partial charge >= 0.3 is 5.97 Å². The summed E-state index contributed by atoms with van der Waals surface area (Å²) in [6.45, 7) is 4.20. The Hall–Kier alpha value is -0.220. The van der Waals surface area contributed by atoms with Crippen molar-refractivity contribution in [1.82, 2.24) is 0 Å². The van der Waals surface area contributed by atoms with Gasteiger partial charge in [-0.1, -0.05) is 13.8 Å². The quantitative estimate of drug-likeness (QED) is 0.649. The van der Waals surface area contributed by atoms with Gasteiger partial charge in [-0.3, -0.25) is 4.79 Å². The van der Waals surface area contributed by atoms with Crippen molar-refractivity contribution >= 4 is 17.7 Å². The lowest BCUT2D eigenvalue weighted by atomic mass is 10.4. The van der Waals surface area contributed by atoms with Crippen molar-refractivity contribution in [2.75, 3.05) is 12.8 Å². The maximum atomic E-state index is 10.1. The van der Waals surface area contributed by atoms with Crippen molar-refractivity contribution in [3.8, 4) is 0 Å². The van der Waals surface area contributed by atoms with Crippen LogP contribution in [-0.4, -0.2) is 29.1 Å². The van der Waals surface area contributed by atoms with Crippen LogP contribution in [0.5, 0.6) is 0 Å². The van der Waals surface area contributed by atoms with Crippen LogP contribution < -0.4 is 5.73 Å². The number of rotatable bonds is 3. The molecule has 0 aromatic carbocycles. The molecule has 3 N–H and O–H groups in total. The van der Waals surface area contributed by atoms with Crippen molar-refractivity contribution in [2.24, 2.45) is 5.73 Å². The summed E-state index contributed by atoms with van der Waals surface area (Å²) in [5, 5.41) is 7.84. The molecule has 0 saturated carbocycles. The zero-order valence-corrected chi connectivity index (χ0v) is 7.44. The summed E-state index contributed by atoms with van der Waals surface area (Å²) < 4.78 is 0. The number of hydrogen-bond acceptors (Lipinski definition) is 3. The lowest BCUT2D eigenvalue weighted by Crippen LogP contribution is -2.25. The molecule has 1 unspecified atom stereocenters. The Labute approximate surface area is 66.0 Å². The Morgan fingerprint density at radius 2 is 2.10 bits per heavy atom. The van der Waals surface area contributed by atoms with Crippen molar-refractivity contribution in [3.63, 3.8) is 0 Å². The average Bonchev–Trinajstić information content (AvgIpc) is 1.94. The number of carboxylic acids is 1. The Morgan fingerprint density at radius 1 is 1.70 bits per heavy atom. The molecule has 62 valence electrons. The third kappa shape index (κ3) is 5.91. The largest absolute Gasteiger partial charge is 0.480 e.